The lowest BCUT2D eigenvalue weighted by Gasteiger charge is -2.13. The Morgan fingerprint density at radius 3 is 2.79 bits per heavy atom. The van der Waals surface area contributed by atoms with Crippen molar-refractivity contribution in [2.75, 3.05) is 39.0 Å². The van der Waals surface area contributed by atoms with Crippen molar-refractivity contribution in [1.82, 2.24) is 20.2 Å². The topological polar surface area (TPSA) is 70.2 Å². The quantitative estimate of drug-likeness (QED) is 0.716. The average molecular weight is 331 g/mol. The fourth-order valence-electron chi connectivity index (χ4n) is 2.74. The molecule has 2 N–H and O–H groups in total. The molecular formula is C18H29N5O. The highest BCUT2D eigenvalue weighted by Gasteiger charge is 2.11. The number of rotatable bonds is 8. The number of carbonyl (C=O) groups excluding carboxylic acids is 1. The highest BCUT2D eigenvalue weighted by molar-refractivity contribution is 5.92. The third-order valence-electron chi connectivity index (χ3n) is 4.05. The highest BCUT2D eigenvalue weighted by atomic mass is 16.1. The number of anilines is 1. The zero-order valence-electron chi connectivity index (χ0n) is 15.1. The number of aromatic nitrogens is 2. The zero-order chi connectivity index (χ0) is 17.4. The van der Waals surface area contributed by atoms with Crippen LogP contribution in [0.1, 0.15) is 48.4 Å². The number of allylic oxidation sites excluding steroid dienone is 1. The molecule has 2 rings (SSSR count). The van der Waals surface area contributed by atoms with E-state index in [2.05, 4.69) is 31.6 Å². The van der Waals surface area contributed by atoms with Gasteiger partial charge in [-0.1, -0.05) is 11.6 Å². The van der Waals surface area contributed by atoms with Gasteiger partial charge in [-0.25, -0.2) is 9.97 Å². The third kappa shape index (κ3) is 6.28. The number of amides is 1. The maximum absolute atomic E-state index is 12.3. The van der Waals surface area contributed by atoms with Crippen molar-refractivity contribution in [3.63, 3.8) is 0 Å². The first-order chi connectivity index (χ1) is 11.5. The van der Waals surface area contributed by atoms with Gasteiger partial charge < -0.3 is 15.5 Å². The van der Waals surface area contributed by atoms with Crippen LogP contribution in [0, 0.1) is 6.92 Å². The Hall–Kier alpha value is -1.95. The molecule has 0 saturated heterocycles. The molecule has 1 amide bonds. The first-order valence-electron chi connectivity index (χ1n) is 8.75. The van der Waals surface area contributed by atoms with Crippen LogP contribution >= 0.6 is 0 Å². The summed E-state index contributed by atoms with van der Waals surface area (Å²) in [6, 6.07) is 1.72. The molecule has 1 aliphatic rings. The third-order valence-corrected chi connectivity index (χ3v) is 4.05. The second-order valence-corrected chi connectivity index (χ2v) is 6.53. The maximum atomic E-state index is 12.3. The summed E-state index contributed by atoms with van der Waals surface area (Å²) in [5, 5.41) is 6.21. The highest BCUT2D eigenvalue weighted by Crippen LogP contribution is 2.19. The molecule has 0 aromatic carbocycles. The van der Waals surface area contributed by atoms with Gasteiger partial charge in [0.2, 0.25) is 0 Å². The Morgan fingerprint density at radius 2 is 2.08 bits per heavy atom. The molecule has 0 spiro atoms. The molecule has 132 valence electrons. The van der Waals surface area contributed by atoms with Gasteiger partial charge >= 0.3 is 0 Å². The van der Waals surface area contributed by atoms with Crippen LogP contribution in [0.15, 0.2) is 17.7 Å². The van der Waals surface area contributed by atoms with Crippen molar-refractivity contribution in [3.05, 3.63) is 29.2 Å². The lowest BCUT2D eigenvalue weighted by Crippen LogP contribution is -2.26. The molecule has 6 heteroatoms. The second kappa shape index (κ2) is 9.37. The van der Waals surface area contributed by atoms with Crippen LogP contribution < -0.4 is 10.6 Å². The van der Waals surface area contributed by atoms with Crippen LogP contribution in [0.5, 0.6) is 0 Å². The Labute approximate surface area is 144 Å². The zero-order valence-corrected chi connectivity index (χ0v) is 15.1. The van der Waals surface area contributed by atoms with E-state index in [4.69, 9.17) is 0 Å². The van der Waals surface area contributed by atoms with E-state index in [0.29, 0.717) is 23.9 Å². The molecule has 0 aliphatic heterocycles. The summed E-state index contributed by atoms with van der Waals surface area (Å²) in [4.78, 5) is 23.0. The van der Waals surface area contributed by atoms with Crippen molar-refractivity contribution in [2.24, 2.45) is 0 Å². The molecule has 1 aromatic rings. The van der Waals surface area contributed by atoms with E-state index >= 15 is 0 Å². The van der Waals surface area contributed by atoms with Gasteiger partial charge in [-0.15, -0.1) is 0 Å². The summed E-state index contributed by atoms with van der Waals surface area (Å²) >= 11 is 0. The number of aryl methyl sites for hydroxylation is 1. The molecule has 0 fully saturated rings. The van der Waals surface area contributed by atoms with E-state index in [1.165, 1.54) is 31.3 Å². The average Bonchev–Trinajstić information content (AvgIpc) is 2.55. The number of hydrogen-bond acceptors (Lipinski definition) is 5. The summed E-state index contributed by atoms with van der Waals surface area (Å²) in [5.41, 5.74) is 1.89. The Bertz CT molecular complexity index is 583. The van der Waals surface area contributed by atoms with Crippen LogP contribution in [0.3, 0.4) is 0 Å². The van der Waals surface area contributed by atoms with Gasteiger partial charge in [-0.3, -0.25) is 4.79 Å². The first-order valence-corrected chi connectivity index (χ1v) is 8.75. The van der Waals surface area contributed by atoms with Crippen LogP contribution in [0.4, 0.5) is 5.82 Å². The normalized spacial score (nSPS) is 14.4. The van der Waals surface area contributed by atoms with Crippen LogP contribution in [0.2, 0.25) is 0 Å². The number of nitrogens with zero attached hydrogens (tertiary/aromatic N) is 3. The largest absolute Gasteiger partial charge is 0.369 e. The molecular weight excluding hydrogens is 302 g/mol. The van der Waals surface area contributed by atoms with Crippen molar-refractivity contribution in [3.8, 4) is 0 Å². The molecule has 1 aliphatic carbocycles. The minimum atomic E-state index is -0.132. The fraction of sp³-hybridized carbons (Fsp3) is 0.611. The molecule has 0 atom stereocenters. The molecule has 6 nitrogen and oxygen atoms in total. The van der Waals surface area contributed by atoms with Crippen LogP contribution in [0.25, 0.3) is 0 Å². The van der Waals surface area contributed by atoms with Crippen molar-refractivity contribution in [1.29, 1.82) is 0 Å². The minimum absolute atomic E-state index is 0.132. The van der Waals surface area contributed by atoms with E-state index in [-0.39, 0.29) is 5.91 Å². The smallest absolute Gasteiger partial charge is 0.270 e. The predicted octanol–water partition coefficient (Wildman–Crippen LogP) is 2.38. The van der Waals surface area contributed by atoms with Gasteiger partial charge in [0.1, 0.15) is 17.3 Å². The molecule has 0 bridgehead atoms. The summed E-state index contributed by atoms with van der Waals surface area (Å²) in [6.07, 6.45) is 8.16. The van der Waals surface area contributed by atoms with E-state index in [0.717, 1.165) is 19.5 Å². The fourth-order valence-corrected chi connectivity index (χ4v) is 2.74. The molecule has 0 unspecified atom stereocenters. The molecule has 1 heterocycles. The summed E-state index contributed by atoms with van der Waals surface area (Å²) in [5.74, 6) is 1.17. The molecule has 0 radical (unpaired) electrons. The molecule has 0 saturated carbocycles. The number of likely N-dealkylation sites (N-methyl/N-ethyl adjacent to an activating group) is 1. The lowest BCUT2D eigenvalue weighted by molar-refractivity contribution is 0.0948. The van der Waals surface area contributed by atoms with Gasteiger partial charge in [-0.05, 0) is 53.1 Å². The van der Waals surface area contributed by atoms with Crippen molar-refractivity contribution < 1.29 is 4.79 Å². The summed E-state index contributed by atoms with van der Waals surface area (Å²) in [6.45, 7) is 4.15. The summed E-state index contributed by atoms with van der Waals surface area (Å²) < 4.78 is 0. The standard InChI is InChI=1S/C18H29N5O/c1-14-21-16(13-17(22-14)19-11-12-23(2)3)18(24)20-10-9-15-7-5-4-6-8-15/h7,13H,4-6,8-12H2,1-3H3,(H,20,24)(H,19,21,22). The number of carbonyl (C=O) groups is 1. The Kier molecular flexibility index (Phi) is 7.18. The van der Waals surface area contributed by atoms with Gasteiger partial charge in [0.25, 0.3) is 5.91 Å². The van der Waals surface area contributed by atoms with Crippen molar-refractivity contribution >= 4 is 11.7 Å². The first kappa shape index (κ1) is 18.4. The van der Waals surface area contributed by atoms with Crippen LogP contribution in [-0.4, -0.2) is 54.5 Å². The Balaban J connectivity index is 1.86. The SMILES string of the molecule is Cc1nc(NCCN(C)C)cc(C(=O)NCCC2=CCCCC2)n1. The maximum Gasteiger partial charge on any atom is 0.270 e. The monoisotopic (exact) mass is 331 g/mol. The summed E-state index contributed by atoms with van der Waals surface area (Å²) in [7, 11) is 4.04. The van der Waals surface area contributed by atoms with Gasteiger partial charge in [0.15, 0.2) is 0 Å². The Morgan fingerprint density at radius 1 is 1.25 bits per heavy atom. The lowest BCUT2D eigenvalue weighted by atomic mass is 9.97. The minimum Gasteiger partial charge on any atom is -0.369 e. The van der Waals surface area contributed by atoms with E-state index in [1.54, 1.807) is 13.0 Å². The van der Waals surface area contributed by atoms with Gasteiger partial charge in [0, 0.05) is 25.7 Å². The second-order valence-electron chi connectivity index (χ2n) is 6.53. The molecule has 1 aromatic heterocycles. The van der Waals surface area contributed by atoms with Gasteiger partial charge in [-0.2, -0.15) is 0 Å². The van der Waals surface area contributed by atoms with Crippen molar-refractivity contribution in [2.45, 2.75) is 39.0 Å². The van der Waals surface area contributed by atoms with Gasteiger partial charge in [0.05, 0.1) is 0 Å². The predicted molar refractivity (Wildman–Crippen MR) is 97.3 cm³/mol. The van der Waals surface area contributed by atoms with E-state index in [9.17, 15) is 4.79 Å². The van der Waals surface area contributed by atoms with E-state index in [1.807, 2.05) is 14.1 Å². The van der Waals surface area contributed by atoms with E-state index < -0.39 is 0 Å². The van der Waals surface area contributed by atoms with Crippen LogP contribution in [-0.2, 0) is 0 Å². The molecule has 24 heavy (non-hydrogen) atoms. The number of hydrogen-bond donors (Lipinski definition) is 2. The number of nitrogens with one attached hydrogen (secondary N) is 2.